The monoisotopic (exact) mass is 523 g/mol. The Balaban J connectivity index is 1.92. The molecule has 7 nitrogen and oxygen atoms in total. The van der Waals surface area contributed by atoms with Crippen molar-refractivity contribution in [2.45, 2.75) is 115 Å². The molecule has 3 N–H and O–H groups in total. The first kappa shape index (κ1) is 29.3. The number of aliphatic hydroxyl groups excluding tert-OH is 1. The summed E-state index contributed by atoms with van der Waals surface area (Å²) in [5, 5.41) is 15.6. The van der Waals surface area contributed by atoms with E-state index < -0.39 is 22.2 Å². The summed E-state index contributed by atoms with van der Waals surface area (Å²) in [6, 6.07) is -0.568. The zero-order valence-corrected chi connectivity index (χ0v) is 24.3. The molecule has 3 saturated heterocycles. The number of nitrogens with zero attached hydrogens (tertiary/aromatic N) is 1. The van der Waals surface area contributed by atoms with E-state index in [9.17, 15) is 14.4 Å². The number of hydrogen-bond acceptors (Lipinski definition) is 5. The highest BCUT2D eigenvalue weighted by molar-refractivity contribution is 8.02. The average molecular weight is 524 g/mol. The lowest BCUT2D eigenvalue weighted by atomic mass is 9.65. The summed E-state index contributed by atoms with van der Waals surface area (Å²) in [4.78, 5) is 43.2. The third kappa shape index (κ3) is 5.74. The van der Waals surface area contributed by atoms with E-state index in [-0.39, 0.29) is 46.8 Å². The van der Waals surface area contributed by atoms with Crippen LogP contribution in [0.4, 0.5) is 0 Å². The number of hydrogen-bond donors (Lipinski definition) is 3. The molecule has 3 aliphatic heterocycles. The van der Waals surface area contributed by atoms with Gasteiger partial charge in [-0.05, 0) is 57.3 Å². The molecule has 0 aromatic carbocycles. The number of nitrogens with one attached hydrogen (secondary N) is 2. The van der Waals surface area contributed by atoms with Gasteiger partial charge in [0.1, 0.15) is 6.04 Å². The van der Waals surface area contributed by atoms with Crippen LogP contribution in [-0.4, -0.2) is 69.0 Å². The van der Waals surface area contributed by atoms with Crippen molar-refractivity contribution in [1.82, 2.24) is 15.5 Å². The van der Waals surface area contributed by atoms with E-state index in [1.807, 2.05) is 11.8 Å². The van der Waals surface area contributed by atoms with Crippen molar-refractivity contribution in [3.8, 4) is 0 Å². The molecule has 0 aromatic heterocycles. The van der Waals surface area contributed by atoms with E-state index in [2.05, 4.69) is 52.2 Å². The summed E-state index contributed by atoms with van der Waals surface area (Å²) in [5.74, 6) is -0.778. The van der Waals surface area contributed by atoms with Crippen molar-refractivity contribution in [2.75, 3.05) is 19.7 Å². The maximum Gasteiger partial charge on any atom is 0.244 e. The number of thioether (sulfide) groups is 1. The summed E-state index contributed by atoms with van der Waals surface area (Å²) < 4.78 is -0.567. The molecule has 36 heavy (non-hydrogen) atoms. The predicted molar refractivity (Wildman–Crippen MR) is 146 cm³/mol. The Kier molecular flexibility index (Phi) is 9.13. The molecular formula is C28H49N3O4S. The second kappa shape index (κ2) is 11.2. The lowest BCUT2D eigenvalue weighted by Gasteiger charge is -2.41. The smallest absolute Gasteiger partial charge is 0.244 e. The molecule has 3 amide bonds. The minimum absolute atomic E-state index is 0.0239. The van der Waals surface area contributed by atoms with Crippen molar-refractivity contribution in [1.29, 1.82) is 0 Å². The number of aliphatic hydroxyl groups is 1. The summed E-state index contributed by atoms with van der Waals surface area (Å²) in [7, 11) is 0. The van der Waals surface area contributed by atoms with Crippen LogP contribution in [0.15, 0.2) is 0 Å². The van der Waals surface area contributed by atoms with Crippen LogP contribution in [-0.2, 0) is 14.4 Å². The number of unbranched alkanes of at least 4 members (excludes halogenated alkanes) is 3. The maximum atomic E-state index is 14.1. The van der Waals surface area contributed by atoms with Gasteiger partial charge in [-0.2, -0.15) is 0 Å². The maximum absolute atomic E-state index is 14.1. The third-order valence-electron chi connectivity index (χ3n) is 8.09. The number of fused-ring (bicyclic) bond motifs is 1. The van der Waals surface area contributed by atoms with Crippen LogP contribution in [0.1, 0.15) is 93.4 Å². The van der Waals surface area contributed by atoms with Crippen LogP contribution >= 0.6 is 11.8 Å². The molecule has 1 spiro atoms. The van der Waals surface area contributed by atoms with Gasteiger partial charge in [0.25, 0.3) is 0 Å². The molecular weight excluding hydrogens is 474 g/mol. The molecule has 3 fully saturated rings. The summed E-state index contributed by atoms with van der Waals surface area (Å²) in [6.45, 7) is 16.1. The van der Waals surface area contributed by atoms with Crippen LogP contribution in [0.5, 0.6) is 0 Å². The van der Waals surface area contributed by atoms with Gasteiger partial charge in [0, 0.05) is 30.5 Å². The molecule has 3 aliphatic rings. The Morgan fingerprint density at radius 1 is 1.11 bits per heavy atom. The molecule has 0 radical (unpaired) electrons. The van der Waals surface area contributed by atoms with Crippen molar-refractivity contribution < 1.29 is 19.5 Å². The van der Waals surface area contributed by atoms with E-state index in [1.165, 1.54) is 0 Å². The molecule has 8 heteroatoms. The predicted octanol–water partition coefficient (Wildman–Crippen LogP) is 3.73. The van der Waals surface area contributed by atoms with Gasteiger partial charge in [0.15, 0.2) is 0 Å². The van der Waals surface area contributed by atoms with Crippen LogP contribution in [0.2, 0.25) is 0 Å². The number of likely N-dealkylation sites (tertiary alicyclic amines) is 1. The first-order chi connectivity index (χ1) is 16.8. The Labute approximate surface area is 222 Å². The molecule has 0 aliphatic carbocycles. The molecule has 3 rings (SSSR count). The quantitative estimate of drug-likeness (QED) is 0.339. The van der Waals surface area contributed by atoms with E-state index in [4.69, 9.17) is 5.11 Å². The van der Waals surface area contributed by atoms with Gasteiger partial charge in [0.2, 0.25) is 17.7 Å². The zero-order chi connectivity index (χ0) is 26.9. The van der Waals surface area contributed by atoms with Crippen LogP contribution in [0.25, 0.3) is 0 Å². The molecule has 0 saturated carbocycles. The lowest BCUT2D eigenvalue weighted by Crippen LogP contribution is -2.60. The fraction of sp³-hybridized carbons (Fsp3) is 0.893. The number of carbonyl (C=O) groups is 3. The van der Waals surface area contributed by atoms with Crippen LogP contribution in [0.3, 0.4) is 0 Å². The van der Waals surface area contributed by atoms with E-state index >= 15 is 0 Å². The first-order valence-electron chi connectivity index (χ1n) is 14.0. The summed E-state index contributed by atoms with van der Waals surface area (Å²) >= 11 is 1.74. The van der Waals surface area contributed by atoms with Gasteiger partial charge in [-0.1, -0.05) is 47.5 Å². The highest BCUT2D eigenvalue weighted by atomic mass is 32.2. The minimum atomic E-state index is -0.568. The van der Waals surface area contributed by atoms with Crippen molar-refractivity contribution >= 4 is 29.5 Å². The van der Waals surface area contributed by atoms with Gasteiger partial charge in [-0.3, -0.25) is 14.4 Å². The molecule has 2 bridgehead atoms. The fourth-order valence-electron chi connectivity index (χ4n) is 7.25. The van der Waals surface area contributed by atoms with E-state index in [0.29, 0.717) is 13.1 Å². The van der Waals surface area contributed by atoms with Crippen molar-refractivity contribution in [3.63, 3.8) is 0 Å². The standard InChI is InChI=1S/C28H49N3O4S/c1-8-13-29-23(33)20-19-16-18(2)28(36-19)21(20)25(35)31(14-11-9-10-12-15-32)22(28)24(34)30-27(6,7)17-26(3,4)5/h18-22,32H,8-17H2,1-7H3,(H,29,33)(H,30,34)/t18?,19-,20+,21+,22?,28?/m1/s1. The third-order valence-corrected chi connectivity index (χ3v) is 10.2. The van der Waals surface area contributed by atoms with Gasteiger partial charge in [-0.25, -0.2) is 0 Å². The Morgan fingerprint density at radius 2 is 1.78 bits per heavy atom. The van der Waals surface area contributed by atoms with Crippen molar-refractivity contribution in [2.24, 2.45) is 23.2 Å². The SMILES string of the molecule is CCCNC(=O)[C@@H]1[C@H]2C(=O)N(CCCCCCO)C(C(=O)NC(C)(C)CC(C)(C)C)C23S[C@@H]1CC3C. The van der Waals surface area contributed by atoms with Crippen LogP contribution < -0.4 is 10.6 Å². The van der Waals surface area contributed by atoms with Gasteiger partial charge in [-0.15, -0.1) is 11.8 Å². The normalized spacial score (nSPS) is 31.6. The minimum Gasteiger partial charge on any atom is -0.396 e. The molecule has 3 unspecified atom stereocenters. The lowest BCUT2D eigenvalue weighted by molar-refractivity contribution is -0.140. The first-order valence-corrected chi connectivity index (χ1v) is 14.9. The number of amides is 3. The van der Waals surface area contributed by atoms with Gasteiger partial charge < -0.3 is 20.6 Å². The largest absolute Gasteiger partial charge is 0.396 e. The molecule has 6 atom stereocenters. The molecule has 3 heterocycles. The topological polar surface area (TPSA) is 98.7 Å². The van der Waals surface area contributed by atoms with E-state index in [0.717, 1.165) is 44.9 Å². The highest BCUT2D eigenvalue weighted by Gasteiger charge is 2.75. The number of carbonyl (C=O) groups excluding carboxylic acids is 3. The molecule has 0 aromatic rings. The highest BCUT2D eigenvalue weighted by Crippen LogP contribution is 2.68. The summed E-state index contributed by atoms with van der Waals surface area (Å²) in [5.41, 5.74) is -0.367. The second-order valence-electron chi connectivity index (χ2n) is 13.1. The Hall–Kier alpha value is -1.28. The van der Waals surface area contributed by atoms with Gasteiger partial charge in [0.05, 0.1) is 16.6 Å². The fourth-order valence-corrected chi connectivity index (χ4v) is 9.67. The molecule has 206 valence electrons. The Morgan fingerprint density at radius 3 is 2.39 bits per heavy atom. The van der Waals surface area contributed by atoms with E-state index in [1.54, 1.807) is 11.8 Å². The second-order valence-corrected chi connectivity index (χ2v) is 14.7. The van der Waals surface area contributed by atoms with Crippen molar-refractivity contribution in [3.05, 3.63) is 0 Å². The Bertz CT molecular complexity index is 826. The summed E-state index contributed by atoms with van der Waals surface area (Å²) in [6.07, 6.45) is 5.87. The average Bonchev–Trinajstić information content (AvgIpc) is 3.33. The zero-order valence-electron chi connectivity index (χ0n) is 23.5. The number of rotatable bonds is 12. The van der Waals surface area contributed by atoms with Gasteiger partial charge >= 0.3 is 0 Å². The van der Waals surface area contributed by atoms with Crippen LogP contribution in [0, 0.1) is 23.2 Å².